The van der Waals surface area contributed by atoms with E-state index >= 15 is 0 Å². The summed E-state index contributed by atoms with van der Waals surface area (Å²) < 4.78 is 32.1. The number of hydrogen-bond donors (Lipinski definition) is 2. The van der Waals surface area contributed by atoms with Crippen LogP contribution < -0.4 is 10.5 Å². The first kappa shape index (κ1) is 14.1. The SMILES string of the molecule is Cc1cc(NS(=O)(=O)CC2CCCO2)c(C)cc1N. The lowest BCUT2D eigenvalue weighted by Crippen LogP contribution is -2.26. The predicted octanol–water partition coefficient (Wildman–Crippen LogP) is 1.81. The molecule has 1 unspecified atom stereocenters. The molecule has 0 amide bonds. The number of hydrogen-bond acceptors (Lipinski definition) is 4. The first-order valence-corrected chi connectivity index (χ1v) is 8.01. The molecule has 1 aliphatic rings. The van der Waals surface area contributed by atoms with Crippen LogP contribution in [0.4, 0.5) is 11.4 Å². The van der Waals surface area contributed by atoms with E-state index in [4.69, 9.17) is 10.5 Å². The number of nitrogen functional groups attached to an aromatic ring is 1. The number of sulfonamides is 1. The van der Waals surface area contributed by atoms with Gasteiger partial charge in [0.15, 0.2) is 0 Å². The third-order valence-electron chi connectivity index (χ3n) is 3.31. The van der Waals surface area contributed by atoms with Gasteiger partial charge in [-0.3, -0.25) is 4.72 Å². The number of ether oxygens (including phenoxy) is 1. The van der Waals surface area contributed by atoms with Crippen LogP contribution >= 0.6 is 0 Å². The zero-order valence-corrected chi connectivity index (χ0v) is 12.1. The summed E-state index contributed by atoms with van der Waals surface area (Å²) in [5, 5.41) is 0. The Morgan fingerprint density at radius 1 is 1.37 bits per heavy atom. The Bertz CT molecular complexity index is 563. The van der Waals surface area contributed by atoms with Crippen molar-refractivity contribution in [2.24, 2.45) is 0 Å². The third-order valence-corrected chi connectivity index (χ3v) is 4.65. The summed E-state index contributed by atoms with van der Waals surface area (Å²) in [6.07, 6.45) is 1.55. The first-order chi connectivity index (χ1) is 8.87. The molecule has 1 aromatic carbocycles. The Morgan fingerprint density at radius 2 is 2.11 bits per heavy atom. The third kappa shape index (κ3) is 3.61. The summed E-state index contributed by atoms with van der Waals surface area (Å²) >= 11 is 0. The van der Waals surface area contributed by atoms with Crippen LogP contribution in [-0.2, 0) is 14.8 Å². The fraction of sp³-hybridized carbons (Fsp3) is 0.538. The van der Waals surface area contributed by atoms with Crippen LogP contribution in [0.25, 0.3) is 0 Å². The quantitative estimate of drug-likeness (QED) is 0.826. The molecule has 0 radical (unpaired) electrons. The van der Waals surface area contributed by atoms with E-state index < -0.39 is 10.0 Å². The highest BCUT2D eigenvalue weighted by atomic mass is 32.2. The minimum absolute atomic E-state index is 0.00979. The molecule has 0 bridgehead atoms. The van der Waals surface area contributed by atoms with Gasteiger partial charge in [-0.2, -0.15) is 0 Å². The highest BCUT2D eigenvalue weighted by molar-refractivity contribution is 7.92. The van der Waals surface area contributed by atoms with Crippen LogP contribution in [0.1, 0.15) is 24.0 Å². The van der Waals surface area contributed by atoms with Gasteiger partial charge in [-0.25, -0.2) is 8.42 Å². The minimum atomic E-state index is -3.39. The Labute approximate surface area is 114 Å². The molecule has 1 aromatic rings. The molecule has 1 atom stereocenters. The fourth-order valence-corrected chi connectivity index (χ4v) is 3.57. The summed E-state index contributed by atoms with van der Waals surface area (Å²) in [4.78, 5) is 0. The Hall–Kier alpha value is -1.27. The topological polar surface area (TPSA) is 81.4 Å². The fourth-order valence-electron chi connectivity index (χ4n) is 2.18. The Balaban J connectivity index is 2.13. The molecule has 1 fully saturated rings. The van der Waals surface area contributed by atoms with E-state index in [9.17, 15) is 8.42 Å². The van der Waals surface area contributed by atoms with Gasteiger partial charge in [0, 0.05) is 12.3 Å². The Morgan fingerprint density at radius 3 is 2.74 bits per heavy atom. The van der Waals surface area contributed by atoms with Crippen molar-refractivity contribution in [1.29, 1.82) is 0 Å². The van der Waals surface area contributed by atoms with Crippen LogP contribution in [0.2, 0.25) is 0 Å². The van der Waals surface area contributed by atoms with Crippen LogP contribution in [-0.4, -0.2) is 26.9 Å². The van der Waals surface area contributed by atoms with Crippen LogP contribution in [0.3, 0.4) is 0 Å². The molecular formula is C13H20N2O3S. The molecule has 3 N–H and O–H groups in total. The first-order valence-electron chi connectivity index (χ1n) is 6.36. The van der Waals surface area contributed by atoms with Crippen molar-refractivity contribution < 1.29 is 13.2 Å². The van der Waals surface area contributed by atoms with E-state index in [0.717, 1.165) is 24.0 Å². The summed E-state index contributed by atoms with van der Waals surface area (Å²) in [5.74, 6) is 0.00979. The molecule has 2 rings (SSSR count). The molecule has 0 aromatic heterocycles. The van der Waals surface area contributed by atoms with Crippen molar-refractivity contribution in [2.75, 3.05) is 22.8 Å². The van der Waals surface area contributed by atoms with Crippen molar-refractivity contribution in [3.8, 4) is 0 Å². The Kier molecular flexibility index (Phi) is 4.01. The smallest absolute Gasteiger partial charge is 0.235 e. The normalized spacial score (nSPS) is 19.6. The van der Waals surface area contributed by atoms with Crippen molar-refractivity contribution in [3.63, 3.8) is 0 Å². The number of anilines is 2. The van der Waals surface area contributed by atoms with Crippen LogP contribution in [0.5, 0.6) is 0 Å². The number of nitrogens with one attached hydrogen (secondary N) is 1. The molecule has 1 heterocycles. The predicted molar refractivity (Wildman–Crippen MR) is 76.7 cm³/mol. The number of aryl methyl sites for hydroxylation is 2. The average molecular weight is 284 g/mol. The molecule has 106 valence electrons. The zero-order valence-electron chi connectivity index (χ0n) is 11.3. The highest BCUT2D eigenvalue weighted by Gasteiger charge is 2.23. The van der Waals surface area contributed by atoms with Gasteiger partial charge in [-0.05, 0) is 49.9 Å². The van der Waals surface area contributed by atoms with E-state index in [1.54, 1.807) is 12.1 Å². The number of benzene rings is 1. The van der Waals surface area contributed by atoms with E-state index in [1.165, 1.54) is 0 Å². The van der Waals surface area contributed by atoms with Gasteiger partial charge >= 0.3 is 0 Å². The minimum Gasteiger partial charge on any atom is -0.399 e. The summed E-state index contributed by atoms with van der Waals surface area (Å²) in [6, 6.07) is 3.54. The lowest BCUT2D eigenvalue weighted by molar-refractivity contribution is 0.127. The van der Waals surface area contributed by atoms with Gasteiger partial charge in [0.25, 0.3) is 0 Å². The number of nitrogens with two attached hydrogens (primary N) is 1. The maximum absolute atomic E-state index is 12.1. The van der Waals surface area contributed by atoms with Crippen LogP contribution in [0.15, 0.2) is 12.1 Å². The summed E-state index contributed by atoms with van der Waals surface area (Å²) in [6.45, 7) is 4.34. The zero-order chi connectivity index (χ0) is 14.0. The largest absolute Gasteiger partial charge is 0.399 e. The van der Waals surface area contributed by atoms with E-state index in [0.29, 0.717) is 18.0 Å². The van der Waals surface area contributed by atoms with E-state index in [-0.39, 0.29) is 11.9 Å². The van der Waals surface area contributed by atoms with Gasteiger partial charge < -0.3 is 10.5 Å². The van der Waals surface area contributed by atoms with Gasteiger partial charge in [0.2, 0.25) is 10.0 Å². The van der Waals surface area contributed by atoms with Gasteiger partial charge in [0.1, 0.15) is 0 Å². The lowest BCUT2D eigenvalue weighted by Gasteiger charge is -2.15. The van der Waals surface area contributed by atoms with Crippen molar-refractivity contribution in [2.45, 2.75) is 32.8 Å². The van der Waals surface area contributed by atoms with E-state index in [1.807, 2.05) is 13.8 Å². The molecular weight excluding hydrogens is 264 g/mol. The molecule has 0 aliphatic carbocycles. The van der Waals surface area contributed by atoms with Gasteiger partial charge in [0.05, 0.1) is 17.5 Å². The second-order valence-electron chi connectivity index (χ2n) is 5.04. The monoisotopic (exact) mass is 284 g/mol. The maximum atomic E-state index is 12.1. The van der Waals surface area contributed by atoms with Crippen LogP contribution in [0, 0.1) is 13.8 Å². The van der Waals surface area contributed by atoms with Gasteiger partial charge in [-0.1, -0.05) is 0 Å². The second kappa shape index (κ2) is 5.38. The standard InChI is InChI=1S/C13H20N2O3S/c1-9-7-13(10(2)6-12(9)14)15-19(16,17)8-11-4-3-5-18-11/h6-7,11,15H,3-5,8,14H2,1-2H3. The highest BCUT2D eigenvalue weighted by Crippen LogP contribution is 2.24. The maximum Gasteiger partial charge on any atom is 0.235 e. The van der Waals surface area contributed by atoms with Gasteiger partial charge in [-0.15, -0.1) is 0 Å². The summed E-state index contributed by atoms with van der Waals surface area (Å²) in [7, 11) is -3.39. The lowest BCUT2D eigenvalue weighted by atomic mass is 10.1. The summed E-state index contributed by atoms with van der Waals surface area (Å²) in [5.41, 5.74) is 8.72. The molecule has 1 saturated heterocycles. The molecule has 19 heavy (non-hydrogen) atoms. The molecule has 5 nitrogen and oxygen atoms in total. The molecule has 1 aliphatic heterocycles. The average Bonchev–Trinajstić information content (AvgIpc) is 2.77. The van der Waals surface area contributed by atoms with E-state index in [2.05, 4.69) is 4.72 Å². The number of rotatable bonds is 4. The van der Waals surface area contributed by atoms with Crippen molar-refractivity contribution >= 4 is 21.4 Å². The van der Waals surface area contributed by atoms with Crippen molar-refractivity contribution in [3.05, 3.63) is 23.3 Å². The second-order valence-corrected chi connectivity index (χ2v) is 6.81. The van der Waals surface area contributed by atoms with Crippen molar-refractivity contribution in [1.82, 2.24) is 0 Å². The molecule has 0 spiro atoms. The molecule has 0 saturated carbocycles. The molecule has 6 heteroatoms.